The van der Waals surface area contributed by atoms with E-state index in [9.17, 15) is 4.79 Å². The molecule has 108 valence electrons. The second-order valence-electron chi connectivity index (χ2n) is 4.38. The molecule has 4 N–H and O–H groups in total. The number of guanidine groups is 1. The molecule has 0 heterocycles. The van der Waals surface area contributed by atoms with Crippen molar-refractivity contribution in [2.45, 2.75) is 0 Å². The lowest BCUT2D eigenvalue weighted by molar-refractivity contribution is 0.0955. The van der Waals surface area contributed by atoms with Gasteiger partial charge in [-0.25, -0.2) is 0 Å². The number of para-hydroxylation sites is 1. The summed E-state index contributed by atoms with van der Waals surface area (Å²) >= 11 is 0. The molecule has 0 spiro atoms. The van der Waals surface area contributed by atoms with Crippen molar-refractivity contribution in [3.05, 3.63) is 66.2 Å². The number of benzene rings is 2. The second-order valence-corrected chi connectivity index (χ2v) is 4.38. The summed E-state index contributed by atoms with van der Waals surface area (Å²) in [6, 6.07) is 18.6. The van der Waals surface area contributed by atoms with Crippen molar-refractivity contribution in [1.29, 1.82) is 0 Å². The van der Waals surface area contributed by atoms with Crippen LogP contribution in [0.1, 0.15) is 10.4 Å². The molecule has 2 rings (SSSR count). The molecule has 1 amide bonds. The average Bonchev–Trinajstić information content (AvgIpc) is 2.53. The molecule has 0 unspecified atom stereocenters. The van der Waals surface area contributed by atoms with Crippen LogP contribution in [0.4, 0.5) is 5.69 Å². The third-order valence-corrected chi connectivity index (χ3v) is 2.76. The summed E-state index contributed by atoms with van der Waals surface area (Å²) in [5.41, 5.74) is 7.28. The van der Waals surface area contributed by atoms with Crippen LogP contribution in [0.2, 0.25) is 0 Å². The standard InChI is InChI=1S/C16H18N4O/c17-16(20-14-9-5-2-6-10-14)19-12-11-18-15(21)13-7-3-1-4-8-13/h1-10H,11-12H2,(H,18,21)(H3,17,19,20). The average molecular weight is 282 g/mol. The minimum atomic E-state index is -0.111. The fourth-order valence-corrected chi connectivity index (χ4v) is 1.75. The predicted molar refractivity (Wildman–Crippen MR) is 85.3 cm³/mol. The van der Waals surface area contributed by atoms with E-state index in [1.165, 1.54) is 0 Å². The number of amides is 1. The minimum Gasteiger partial charge on any atom is -0.370 e. The number of carbonyl (C=O) groups excluding carboxylic acids is 1. The molecular weight excluding hydrogens is 264 g/mol. The van der Waals surface area contributed by atoms with Crippen molar-refractivity contribution < 1.29 is 4.79 Å². The summed E-state index contributed by atoms with van der Waals surface area (Å²) in [6.45, 7) is 0.856. The third kappa shape index (κ3) is 4.99. The lowest BCUT2D eigenvalue weighted by Crippen LogP contribution is -2.28. The highest BCUT2D eigenvalue weighted by Crippen LogP contribution is 2.03. The smallest absolute Gasteiger partial charge is 0.251 e. The number of nitrogens with one attached hydrogen (secondary N) is 2. The molecule has 21 heavy (non-hydrogen) atoms. The van der Waals surface area contributed by atoms with Gasteiger partial charge in [0.25, 0.3) is 5.91 Å². The highest BCUT2D eigenvalue weighted by atomic mass is 16.1. The van der Waals surface area contributed by atoms with Gasteiger partial charge >= 0.3 is 0 Å². The zero-order valence-corrected chi connectivity index (χ0v) is 11.6. The Kier molecular flexibility index (Phi) is 5.34. The van der Waals surface area contributed by atoms with Gasteiger partial charge in [-0.15, -0.1) is 0 Å². The second kappa shape index (κ2) is 7.69. The molecule has 2 aromatic carbocycles. The van der Waals surface area contributed by atoms with E-state index in [0.717, 1.165) is 5.69 Å². The summed E-state index contributed by atoms with van der Waals surface area (Å²) in [5, 5.41) is 5.77. The number of anilines is 1. The molecule has 0 aliphatic rings. The maximum Gasteiger partial charge on any atom is 0.251 e. The van der Waals surface area contributed by atoms with Crippen molar-refractivity contribution in [2.24, 2.45) is 10.7 Å². The molecule has 0 aromatic heterocycles. The molecular formula is C16H18N4O. The first-order valence-corrected chi connectivity index (χ1v) is 6.71. The van der Waals surface area contributed by atoms with Crippen LogP contribution in [0.5, 0.6) is 0 Å². The fraction of sp³-hybridized carbons (Fsp3) is 0.125. The molecule has 2 aromatic rings. The van der Waals surface area contributed by atoms with E-state index >= 15 is 0 Å². The number of nitrogens with two attached hydrogens (primary N) is 1. The molecule has 0 aliphatic carbocycles. The quantitative estimate of drug-likeness (QED) is 0.445. The van der Waals surface area contributed by atoms with Gasteiger partial charge in [-0.3, -0.25) is 9.79 Å². The van der Waals surface area contributed by atoms with Gasteiger partial charge in [-0.2, -0.15) is 0 Å². The van der Waals surface area contributed by atoms with Crippen LogP contribution in [0.25, 0.3) is 0 Å². The third-order valence-electron chi connectivity index (χ3n) is 2.76. The Morgan fingerprint density at radius 3 is 2.29 bits per heavy atom. The van der Waals surface area contributed by atoms with E-state index in [1.54, 1.807) is 12.1 Å². The molecule has 0 saturated carbocycles. The van der Waals surface area contributed by atoms with Gasteiger partial charge in [0, 0.05) is 17.8 Å². The summed E-state index contributed by atoms with van der Waals surface area (Å²) in [5.74, 6) is 0.218. The Balaban J connectivity index is 1.74. The monoisotopic (exact) mass is 282 g/mol. The number of hydrogen-bond donors (Lipinski definition) is 3. The zero-order chi connectivity index (χ0) is 14.9. The van der Waals surface area contributed by atoms with Gasteiger partial charge in [0.1, 0.15) is 0 Å². The van der Waals surface area contributed by atoms with E-state index in [0.29, 0.717) is 24.6 Å². The summed E-state index contributed by atoms with van der Waals surface area (Å²) < 4.78 is 0. The topological polar surface area (TPSA) is 79.5 Å². The Bertz CT molecular complexity index is 596. The number of aliphatic imine (C=N–C) groups is 1. The molecule has 5 heteroatoms. The van der Waals surface area contributed by atoms with E-state index in [1.807, 2.05) is 48.5 Å². The van der Waals surface area contributed by atoms with Crippen LogP contribution in [0.15, 0.2) is 65.7 Å². The molecule has 5 nitrogen and oxygen atoms in total. The van der Waals surface area contributed by atoms with Crippen LogP contribution >= 0.6 is 0 Å². The SMILES string of the molecule is NC(=NCCNC(=O)c1ccccc1)Nc1ccccc1. The highest BCUT2D eigenvalue weighted by Gasteiger charge is 2.02. The van der Waals surface area contributed by atoms with Gasteiger partial charge in [0.2, 0.25) is 0 Å². The van der Waals surface area contributed by atoms with Gasteiger partial charge in [0.15, 0.2) is 5.96 Å². The Labute approximate surface area is 123 Å². The number of rotatable bonds is 5. The molecule has 0 fully saturated rings. The first kappa shape index (κ1) is 14.6. The van der Waals surface area contributed by atoms with E-state index < -0.39 is 0 Å². The van der Waals surface area contributed by atoms with Crippen LogP contribution in [-0.2, 0) is 0 Å². The molecule has 0 saturated heterocycles. The van der Waals surface area contributed by atoms with Gasteiger partial charge in [-0.05, 0) is 24.3 Å². The maximum atomic E-state index is 11.8. The van der Waals surface area contributed by atoms with E-state index in [2.05, 4.69) is 15.6 Å². The van der Waals surface area contributed by atoms with Gasteiger partial charge < -0.3 is 16.4 Å². The molecule has 0 bridgehead atoms. The van der Waals surface area contributed by atoms with Crippen LogP contribution in [-0.4, -0.2) is 25.0 Å². The van der Waals surface area contributed by atoms with Crippen molar-refractivity contribution in [3.8, 4) is 0 Å². The van der Waals surface area contributed by atoms with Gasteiger partial charge in [0.05, 0.1) is 6.54 Å². The summed E-state index contributed by atoms with van der Waals surface area (Å²) in [4.78, 5) is 15.9. The largest absolute Gasteiger partial charge is 0.370 e. The molecule has 0 aliphatic heterocycles. The van der Waals surface area contributed by atoms with Crippen LogP contribution in [0, 0.1) is 0 Å². The van der Waals surface area contributed by atoms with Gasteiger partial charge in [-0.1, -0.05) is 36.4 Å². The van der Waals surface area contributed by atoms with Crippen LogP contribution in [0.3, 0.4) is 0 Å². The molecule has 0 atom stereocenters. The van der Waals surface area contributed by atoms with Crippen molar-refractivity contribution in [1.82, 2.24) is 5.32 Å². The minimum absolute atomic E-state index is 0.111. The Hall–Kier alpha value is -2.82. The van der Waals surface area contributed by atoms with E-state index in [4.69, 9.17) is 5.73 Å². The number of nitrogens with zero attached hydrogens (tertiary/aromatic N) is 1. The highest BCUT2D eigenvalue weighted by molar-refractivity contribution is 5.94. The summed E-state index contributed by atoms with van der Waals surface area (Å²) in [7, 11) is 0. The Morgan fingerprint density at radius 2 is 1.62 bits per heavy atom. The van der Waals surface area contributed by atoms with E-state index in [-0.39, 0.29) is 5.91 Å². The lowest BCUT2D eigenvalue weighted by atomic mass is 10.2. The van der Waals surface area contributed by atoms with Crippen molar-refractivity contribution >= 4 is 17.6 Å². The number of carbonyl (C=O) groups is 1. The first-order valence-electron chi connectivity index (χ1n) is 6.71. The fourth-order valence-electron chi connectivity index (χ4n) is 1.75. The zero-order valence-electron chi connectivity index (χ0n) is 11.6. The first-order chi connectivity index (χ1) is 10.3. The number of hydrogen-bond acceptors (Lipinski definition) is 2. The Morgan fingerprint density at radius 1 is 1.00 bits per heavy atom. The lowest BCUT2D eigenvalue weighted by Gasteiger charge is -2.06. The normalized spacial score (nSPS) is 11.0. The van der Waals surface area contributed by atoms with Crippen LogP contribution < -0.4 is 16.4 Å². The maximum absolute atomic E-state index is 11.8. The van der Waals surface area contributed by atoms with Crippen molar-refractivity contribution in [2.75, 3.05) is 18.4 Å². The molecule has 0 radical (unpaired) electrons. The summed E-state index contributed by atoms with van der Waals surface area (Å²) in [6.07, 6.45) is 0. The van der Waals surface area contributed by atoms with Crippen molar-refractivity contribution in [3.63, 3.8) is 0 Å². The predicted octanol–water partition coefficient (Wildman–Crippen LogP) is 1.84.